The van der Waals surface area contributed by atoms with E-state index in [1.165, 1.54) is 32.5 Å². The number of halogens is 2. The van der Waals surface area contributed by atoms with Crippen LogP contribution in [0.3, 0.4) is 0 Å². The maximum atomic E-state index is 6.25. The van der Waals surface area contributed by atoms with Crippen LogP contribution >= 0.6 is 28.3 Å². The lowest BCUT2D eigenvalue weighted by atomic mass is 9.66. The van der Waals surface area contributed by atoms with Crippen molar-refractivity contribution in [3.63, 3.8) is 0 Å². The van der Waals surface area contributed by atoms with Gasteiger partial charge in [0.25, 0.3) is 0 Å². The molecule has 0 aromatic carbocycles. The van der Waals surface area contributed by atoms with Crippen molar-refractivity contribution in [3.05, 3.63) is 22.9 Å². The van der Waals surface area contributed by atoms with Crippen LogP contribution in [0.1, 0.15) is 12.8 Å². The minimum absolute atomic E-state index is 0. The Balaban J connectivity index is 0.00000110. The van der Waals surface area contributed by atoms with Gasteiger partial charge in [0.1, 0.15) is 11.9 Å². The Bertz CT molecular complexity index is 443. The summed E-state index contributed by atoms with van der Waals surface area (Å²) in [5.74, 6) is 3.31. The van der Waals surface area contributed by atoms with Crippen molar-refractivity contribution in [3.8, 4) is 5.75 Å². The number of pyridine rings is 1. The third-order valence-corrected chi connectivity index (χ3v) is 5.09. The highest BCUT2D eigenvalue weighted by Crippen LogP contribution is 2.44. The Hall–Kier alpha value is -0.320. The Labute approximate surface area is 128 Å². The molecule has 1 aromatic heterocycles. The summed E-state index contributed by atoms with van der Waals surface area (Å²) in [5, 5.41) is 0. The lowest BCUT2D eigenvalue weighted by Crippen LogP contribution is -2.61. The summed E-state index contributed by atoms with van der Waals surface area (Å²) in [4.78, 5) is 6.82. The molecule has 1 aromatic rings. The zero-order valence-corrected chi connectivity index (χ0v) is 13.1. The predicted molar refractivity (Wildman–Crippen MR) is 79.7 cm³/mol. The molecule has 2 atom stereocenters. The zero-order valence-electron chi connectivity index (χ0n) is 10.7. The summed E-state index contributed by atoms with van der Waals surface area (Å²) in [7, 11) is 0. The summed E-state index contributed by atoms with van der Waals surface area (Å²) < 4.78 is 7.25. The largest absolute Gasteiger partial charge is 0.488 e. The van der Waals surface area contributed by atoms with Gasteiger partial charge in [-0.15, -0.1) is 12.4 Å². The van der Waals surface area contributed by atoms with Crippen LogP contribution in [0.4, 0.5) is 0 Å². The second kappa shape index (κ2) is 5.23. The third kappa shape index (κ3) is 2.50. The highest BCUT2D eigenvalue weighted by atomic mass is 79.9. The van der Waals surface area contributed by atoms with E-state index in [4.69, 9.17) is 4.74 Å². The first-order chi connectivity index (χ1) is 8.78. The van der Waals surface area contributed by atoms with E-state index in [9.17, 15) is 0 Å². The minimum atomic E-state index is 0. The maximum absolute atomic E-state index is 6.25. The second-order valence-electron chi connectivity index (χ2n) is 6.00. The van der Waals surface area contributed by atoms with Gasteiger partial charge in [-0.3, -0.25) is 4.98 Å². The molecule has 5 heteroatoms. The smallest absolute Gasteiger partial charge is 0.139 e. The third-order valence-electron chi connectivity index (χ3n) is 4.66. The lowest BCUT2D eigenvalue weighted by Gasteiger charge is -2.55. The molecular formula is C14H18BrClN2O. The molecule has 4 heterocycles. The number of hydrogen-bond donors (Lipinski definition) is 0. The van der Waals surface area contributed by atoms with E-state index in [0.29, 0.717) is 6.10 Å². The summed E-state index contributed by atoms with van der Waals surface area (Å²) in [5.41, 5.74) is 0. The Morgan fingerprint density at radius 1 is 1.16 bits per heavy atom. The fraction of sp³-hybridized carbons (Fsp3) is 0.643. The summed E-state index contributed by atoms with van der Waals surface area (Å²) in [6.45, 7) is 3.80. The van der Waals surface area contributed by atoms with Crippen LogP contribution in [-0.2, 0) is 0 Å². The SMILES string of the molecule is Brc1cncc(OC2[C@H]3CC4C[C@H]2CN(C4)C3)c1.Cl. The molecule has 104 valence electrons. The van der Waals surface area contributed by atoms with Crippen LogP contribution in [0.2, 0.25) is 0 Å². The van der Waals surface area contributed by atoms with E-state index in [1.54, 1.807) is 6.20 Å². The van der Waals surface area contributed by atoms with Gasteiger partial charge in [-0.25, -0.2) is 0 Å². The highest BCUT2D eigenvalue weighted by Gasteiger charge is 2.48. The summed E-state index contributed by atoms with van der Waals surface area (Å²) >= 11 is 3.45. The molecule has 0 spiro atoms. The molecule has 3 saturated heterocycles. The molecule has 19 heavy (non-hydrogen) atoms. The van der Waals surface area contributed by atoms with Crippen molar-refractivity contribution >= 4 is 28.3 Å². The first-order valence-electron chi connectivity index (χ1n) is 6.77. The van der Waals surface area contributed by atoms with E-state index in [2.05, 4.69) is 25.8 Å². The molecule has 0 N–H and O–H groups in total. The van der Waals surface area contributed by atoms with Gasteiger partial charge in [-0.2, -0.15) is 0 Å². The minimum Gasteiger partial charge on any atom is -0.488 e. The second-order valence-corrected chi connectivity index (χ2v) is 6.91. The van der Waals surface area contributed by atoms with E-state index >= 15 is 0 Å². The normalized spacial score (nSPS) is 38.9. The average Bonchev–Trinajstić information content (AvgIpc) is 2.33. The van der Waals surface area contributed by atoms with Crippen LogP contribution in [0.15, 0.2) is 22.9 Å². The predicted octanol–water partition coefficient (Wildman–Crippen LogP) is 2.98. The van der Waals surface area contributed by atoms with Gasteiger partial charge >= 0.3 is 0 Å². The van der Waals surface area contributed by atoms with Crippen molar-refractivity contribution < 1.29 is 4.74 Å². The molecule has 3 aliphatic heterocycles. The van der Waals surface area contributed by atoms with Crippen LogP contribution in [-0.4, -0.2) is 35.6 Å². The van der Waals surface area contributed by atoms with E-state index in [0.717, 1.165) is 28.0 Å². The summed E-state index contributed by atoms with van der Waals surface area (Å²) in [6, 6.07) is 2.03. The summed E-state index contributed by atoms with van der Waals surface area (Å²) in [6.07, 6.45) is 6.76. The van der Waals surface area contributed by atoms with Crippen LogP contribution < -0.4 is 4.74 Å². The quantitative estimate of drug-likeness (QED) is 0.824. The van der Waals surface area contributed by atoms with Gasteiger partial charge in [0.2, 0.25) is 0 Å². The number of aromatic nitrogens is 1. The first-order valence-corrected chi connectivity index (χ1v) is 7.57. The van der Waals surface area contributed by atoms with Crippen molar-refractivity contribution in [1.82, 2.24) is 9.88 Å². The van der Waals surface area contributed by atoms with Gasteiger partial charge < -0.3 is 9.64 Å². The molecule has 0 unspecified atom stereocenters. The number of piperidine rings is 3. The fourth-order valence-corrected chi connectivity index (χ4v) is 4.51. The molecule has 4 bridgehead atoms. The Kier molecular flexibility index (Phi) is 3.76. The number of nitrogens with zero attached hydrogens (tertiary/aromatic N) is 2. The average molecular weight is 346 g/mol. The van der Waals surface area contributed by atoms with Gasteiger partial charge in [0.15, 0.2) is 0 Å². The van der Waals surface area contributed by atoms with Crippen molar-refractivity contribution in [1.29, 1.82) is 0 Å². The lowest BCUT2D eigenvalue weighted by molar-refractivity contribution is -0.0985. The molecule has 0 radical (unpaired) electrons. The van der Waals surface area contributed by atoms with Crippen LogP contribution in [0.5, 0.6) is 5.75 Å². The standard InChI is InChI=1S/C14H17BrN2O.ClH/c15-12-3-13(5-16-4-12)18-14-10-1-9-2-11(14)8-17(6-9)7-10;/h3-5,9-11,14H,1-2,6-8H2;1H/t9?,10-,11-,14?;/m0./s1. The highest BCUT2D eigenvalue weighted by molar-refractivity contribution is 9.10. The monoisotopic (exact) mass is 344 g/mol. The van der Waals surface area contributed by atoms with Crippen molar-refractivity contribution in [2.45, 2.75) is 18.9 Å². The maximum Gasteiger partial charge on any atom is 0.139 e. The van der Waals surface area contributed by atoms with Crippen LogP contribution in [0, 0.1) is 17.8 Å². The zero-order chi connectivity index (χ0) is 12.1. The molecule has 4 fully saturated rings. The van der Waals surface area contributed by atoms with E-state index in [1.807, 2.05) is 12.3 Å². The topological polar surface area (TPSA) is 25.4 Å². The van der Waals surface area contributed by atoms with E-state index < -0.39 is 0 Å². The molecule has 3 nitrogen and oxygen atoms in total. The van der Waals surface area contributed by atoms with Crippen LogP contribution in [0.25, 0.3) is 0 Å². The number of rotatable bonds is 2. The fourth-order valence-electron chi connectivity index (χ4n) is 4.17. The van der Waals surface area contributed by atoms with Crippen molar-refractivity contribution in [2.24, 2.45) is 17.8 Å². The first kappa shape index (κ1) is 13.7. The van der Waals surface area contributed by atoms with Gasteiger partial charge in [0, 0.05) is 42.1 Å². The van der Waals surface area contributed by atoms with Gasteiger partial charge in [-0.1, -0.05) is 0 Å². The molecule has 1 saturated carbocycles. The molecular weight excluding hydrogens is 328 g/mol. The molecule has 0 amide bonds. The Morgan fingerprint density at radius 3 is 2.53 bits per heavy atom. The molecule has 1 aliphatic carbocycles. The molecule has 5 rings (SSSR count). The van der Waals surface area contributed by atoms with Gasteiger partial charge in [0.05, 0.1) is 6.20 Å². The number of ether oxygens (including phenoxy) is 1. The Morgan fingerprint density at radius 2 is 1.89 bits per heavy atom. The van der Waals surface area contributed by atoms with Crippen molar-refractivity contribution in [2.75, 3.05) is 19.6 Å². The van der Waals surface area contributed by atoms with E-state index in [-0.39, 0.29) is 12.4 Å². The molecule has 4 aliphatic rings. The number of hydrogen-bond acceptors (Lipinski definition) is 3. The van der Waals surface area contributed by atoms with Gasteiger partial charge in [-0.05, 0) is 40.8 Å².